The molecule has 4 rings (SSSR count). The normalized spacial score (nSPS) is 22.2. The molecule has 0 radical (unpaired) electrons. The molecule has 30 heavy (non-hydrogen) atoms. The Hall–Kier alpha value is -2.40. The molecule has 0 unspecified atom stereocenters. The molecule has 160 valence electrons. The van der Waals surface area contributed by atoms with Crippen LogP contribution in [0.4, 0.5) is 5.69 Å². The van der Waals surface area contributed by atoms with Gasteiger partial charge in [-0.15, -0.1) is 0 Å². The quantitative estimate of drug-likeness (QED) is 0.659. The number of hydrogen-bond acceptors (Lipinski definition) is 4. The van der Waals surface area contributed by atoms with Gasteiger partial charge in [0.1, 0.15) is 0 Å². The molecule has 1 aliphatic carbocycles. The van der Waals surface area contributed by atoms with E-state index in [0.29, 0.717) is 5.92 Å². The second-order valence-electron chi connectivity index (χ2n) is 9.02. The monoisotopic (exact) mass is 406 g/mol. The molecular formula is C25H34N4O. The van der Waals surface area contributed by atoms with Crippen molar-refractivity contribution in [1.29, 1.82) is 5.41 Å². The highest BCUT2D eigenvalue weighted by Gasteiger charge is 2.20. The molecule has 0 bridgehead atoms. The van der Waals surface area contributed by atoms with Gasteiger partial charge in [-0.05, 0) is 80.4 Å². The Kier molecular flexibility index (Phi) is 6.68. The maximum atomic E-state index is 12.8. The van der Waals surface area contributed by atoms with Crippen LogP contribution in [0.15, 0.2) is 41.3 Å². The van der Waals surface area contributed by atoms with Gasteiger partial charge in [-0.3, -0.25) is 9.36 Å². The fourth-order valence-corrected chi connectivity index (χ4v) is 4.89. The minimum absolute atomic E-state index is 0.0109. The number of hydrogen-bond donors (Lipinski definition) is 2. The van der Waals surface area contributed by atoms with Gasteiger partial charge in [0.15, 0.2) is 0 Å². The van der Waals surface area contributed by atoms with Crippen molar-refractivity contribution in [1.82, 2.24) is 9.47 Å². The first-order chi connectivity index (χ1) is 14.6. The maximum absolute atomic E-state index is 12.8. The number of rotatable bonds is 7. The lowest BCUT2D eigenvalue weighted by Gasteiger charge is -2.26. The van der Waals surface area contributed by atoms with E-state index in [2.05, 4.69) is 23.2 Å². The second kappa shape index (κ2) is 9.61. The van der Waals surface area contributed by atoms with Crippen molar-refractivity contribution in [2.24, 2.45) is 5.92 Å². The Morgan fingerprint density at radius 2 is 1.87 bits per heavy atom. The average molecular weight is 407 g/mol. The summed E-state index contributed by atoms with van der Waals surface area (Å²) in [5, 5.41) is 11.3. The van der Waals surface area contributed by atoms with E-state index in [0.717, 1.165) is 35.9 Å². The molecule has 0 amide bonds. The molecule has 2 aromatic rings. The molecule has 2 N–H and O–H groups in total. The maximum Gasteiger partial charge on any atom is 0.255 e. The number of nitrogens with zero attached hydrogens (tertiary/aromatic N) is 2. The number of likely N-dealkylation sites (tertiary alicyclic amines) is 1. The van der Waals surface area contributed by atoms with Gasteiger partial charge in [-0.25, -0.2) is 0 Å². The van der Waals surface area contributed by atoms with Gasteiger partial charge in [-0.2, -0.15) is 0 Å². The van der Waals surface area contributed by atoms with E-state index in [1.165, 1.54) is 63.4 Å². The largest absolute Gasteiger partial charge is 0.383 e. The standard InChI is InChI=1S/C25H34N4O/c1-19-4-6-20(7-5-19)21-10-14-29(25(30)17-21)23-8-9-24(22(16-23)18-26)27-11-15-28-12-2-3-13-28/h8-10,14,16-20,26-27H,2-7,11-13,15H2,1H3. The van der Waals surface area contributed by atoms with Crippen LogP contribution >= 0.6 is 0 Å². The molecule has 1 aromatic carbocycles. The molecule has 1 aromatic heterocycles. The molecule has 5 nitrogen and oxygen atoms in total. The molecule has 5 heteroatoms. The summed E-state index contributed by atoms with van der Waals surface area (Å²) in [6.45, 7) is 6.60. The van der Waals surface area contributed by atoms with Gasteiger partial charge in [0, 0.05) is 48.5 Å². The third kappa shape index (κ3) is 4.84. The first-order valence-corrected chi connectivity index (χ1v) is 11.5. The molecule has 1 saturated heterocycles. The van der Waals surface area contributed by atoms with Crippen LogP contribution in [0.5, 0.6) is 0 Å². The summed E-state index contributed by atoms with van der Waals surface area (Å²) in [5.74, 6) is 1.33. The first kappa shape index (κ1) is 20.9. The van der Waals surface area contributed by atoms with E-state index in [9.17, 15) is 4.79 Å². The lowest BCUT2D eigenvalue weighted by molar-refractivity contribution is 0.347. The minimum atomic E-state index is 0.0109. The Labute approximate surface area is 179 Å². The molecule has 2 aliphatic rings. The average Bonchev–Trinajstić information content (AvgIpc) is 3.28. The fraction of sp³-hybridized carbons (Fsp3) is 0.520. The third-order valence-electron chi connectivity index (χ3n) is 6.84. The SMILES string of the molecule is CC1CCC(c2ccn(-c3ccc(NCCN4CCCC4)c(C=N)c3)c(=O)c2)CC1. The molecule has 2 fully saturated rings. The Morgan fingerprint density at radius 1 is 1.10 bits per heavy atom. The first-order valence-electron chi connectivity index (χ1n) is 11.5. The van der Waals surface area contributed by atoms with E-state index < -0.39 is 0 Å². The predicted octanol–water partition coefficient (Wildman–Crippen LogP) is 4.64. The van der Waals surface area contributed by atoms with Crippen molar-refractivity contribution in [3.63, 3.8) is 0 Å². The van der Waals surface area contributed by atoms with E-state index in [1.807, 2.05) is 30.5 Å². The zero-order valence-corrected chi connectivity index (χ0v) is 18.1. The highest BCUT2D eigenvalue weighted by molar-refractivity contribution is 5.86. The van der Waals surface area contributed by atoms with E-state index >= 15 is 0 Å². The Bertz CT molecular complexity index is 921. The van der Waals surface area contributed by atoms with E-state index in [1.54, 1.807) is 4.57 Å². The lowest BCUT2D eigenvalue weighted by atomic mass is 9.80. The van der Waals surface area contributed by atoms with Crippen LogP contribution in [0, 0.1) is 11.3 Å². The van der Waals surface area contributed by atoms with Gasteiger partial charge in [0.05, 0.1) is 0 Å². The lowest BCUT2D eigenvalue weighted by Crippen LogP contribution is -2.26. The fourth-order valence-electron chi connectivity index (χ4n) is 4.89. The van der Waals surface area contributed by atoms with Gasteiger partial charge >= 0.3 is 0 Å². The van der Waals surface area contributed by atoms with Gasteiger partial charge in [0.25, 0.3) is 5.56 Å². The molecule has 0 spiro atoms. The summed E-state index contributed by atoms with van der Waals surface area (Å²) in [6, 6.07) is 9.80. The summed E-state index contributed by atoms with van der Waals surface area (Å²) >= 11 is 0. The van der Waals surface area contributed by atoms with Crippen LogP contribution in [0.25, 0.3) is 5.69 Å². The number of aromatic nitrogens is 1. The van der Waals surface area contributed by atoms with Crippen molar-refractivity contribution in [3.8, 4) is 5.69 Å². The summed E-state index contributed by atoms with van der Waals surface area (Å²) in [7, 11) is 0. The Balaban J connectivity index is 1.46. The van der Waals surface area contributed by atoms with Crippen molar-refractivity contribution in [2.45, 2.75) is 51.4 Å². The molecule has 1 aliphatic heterocycles. The number of nitrogens with one attached hydrogen (secondary N) is 2. The zero-order chi connectivity index (χ0) is 20.9. The van der Waals surface area contributed by atoms with Crippen LogP contribution in [0.1, 0.15) is 62.5 Å². The highest BCUT2D eigenvalue weighted by Crippen LogP contribution is 2.35. The summed E-state index contributed by atoms with van der Waals surface area (Å²) < 4.78 is 1.69. The van der Waals surface area contributed by atoms with Gasteiger partial charge in [-0.1, -0.05) is 19.8 Å². The molecule has 2 heterocycles. The summed E-state index contributed by atoms with van der Waals surface area (Å²) in [5.41, 5.74) is 3.76. The van der Waals surface area contributed by atoms with Gasteiger partial charge in [0.2, 0.25) is 0 Å². The van der Waals surface area contributed by atoms with Crippen LogP contribution in [-0.4, -0.2) is 41.9 Å². The summed E-state index contributed by atoms with van der Waals surface area (Å²) in [4.78, 5) is 15.3. The second-order valence-corrected chi connectivity index (χ2v) is 9.02. The molecular weight excluding hydrogens is 372 g/mol. The molecule has 0 atom stereocenters. The smallest absolute Gasteiger partial charge is 0.255 e. The molecule has 1 saturated carbocycles. The highest BCUT2D eigenvalue weighted by atomic mass is 16.1. The van der Waals surface area contributed by atoms with Crippen LogP contribution in [0.3, 0.4) is 0 Å². The summed E-state index contributed by atoms with van der Waals surface area (Å²) in [6.07, 6.45) is 10.7. The number of pyridine rings is 1. The van der Waals surface area contributed by atoms with E-state index in [-0.39, 0.29) is 5.56 Å². The van der Waals surface area contributed by atoms with Crippen molar-refractivity contribution in [3.05, 3.63) is 58.0 Å². The number of anilines is 1. The minimum Gasteiger partial charge on any atom is -0.383 e. The van der Waals surface area contributed by atoms with Gasteiger partial charge < -0.3 is 15.6 Å². The third-order valence-corrected chi connectivity index (χ3v) is 6.84. The number of benzene rings is 1. The van der Waals surface area contributed by atoms with Crippen LogP contribution in [-0.2, 0) is 0 Å². The topological polar surface area (TPSA) is 61.1 Å². The zero-order valence-electron chi connectivity index (χ0n) is 18.1. The van der Waals surface area contributed by atoms with E-state index in [4.69, 9.17) is 5.41 Å². The predicted molar refractivity (Wildman–Crippen MR) is 124 cm³/mol. The Morgan fingerprint density at radius 3 is 2.57 bits per heavy atom. The van der Waals surface area contributed by atoms with Crippen molar-refractivity contribution < 1.29 is 0 Å². The van der Waals surface area contributed by atoms with Crippen LogP contribution in [0.2, 0.25) is 0 Å². The van der Waals surface area contributed by atoms with Crippen molar-refractivity contribution in [2.75, 3.05) is 31.5 Å². The van der Waals surface area contributed by atoms with Crippen LogP contribution < -0.4 is 10.9 Å². The van der Waals surface area contributed by atoms with Crippen molar-refractivity contribution >= 4 is 11.9 Å².